The van der Waals surface area contributed by atoms with Crippen molar-refractivity contribution in [3.8, 4) is 0 Å². The van der Waals surface area contributed by atoms with Gasteiger partial charge in [0.15, 0.2) is 15.6 Å². The van der Waals surface area contributed by atoms with Gasteiger partial charge in [-0.1, -0.05) is 0 Å². The third-order valence-electron chi connectivity index (χ3n) is 0.692. The molecule has 0 rings (SSSR count). The molecule has 0 aliphatic heterocycles. The Morgan fingerprint density at radius 1 is 1.43 bits per heavy atom. The Labute approximate surface area is 45.7 Å². The molecular formula is C3H10NO2Si. The molecule has 0 aliphatic rings. The Morgan fingerprint density at radius 3 is 1.86 bits per heavy atom. The molecule has 1 radical (unpaired) electrons. The lowest BCUT2D eigenvalue weighted by atomic mass is 11.3. The molecule has 0 unspecified atom stereocenters. The molecule has 0 aromatic rings. The molecule has 0 aromatic heterocycles. The zero-order chi connectivity index (χ0) is 5.70. The molecule has 3 nitrogen and oxygen atoms in total. The summed E-state index contributed by atoms with van der Waals surface area (Å²) < 4.78 is 9.40. The fourth-order valence-electron chi connectivity index (χ4n) is 0.263. The summed E-state index contributed by atoms with van der Waals surface area (Å²) in [6.07, 6.45) is 0. The molecule has 43 valence electrons. The Bertz CT molecular complexity index is 34.4. The van der Waals surface area contributed by atoms with E-state index in [1.54, 1.807) is 14.2 Å². The van der Waals surface area contributed by atoms with Gasteiger partial charge < -0.3 is 9.47 Å². The maximum atomic E-state index is 6.85. The third kappa shape index (κ3) is 2.75. The molecule has 4 heteroatoms. The summed E-state index contributed by atoms with van der Waals surface area (Å²) >= 11 is 0. The summed E-state index contributed by atoms with van der Waals surface area (Å²) in [6.45, 7) is 0. The first kappa shape index (κ1) is 7.10. The SMILES string of the molecule is COC(OC)[SiH2][NH]. The van der Waals surface area contributed by atoms with Crippen molar-refractivity contribution >= 4 is 9.68 Å². The number of hydrogen-bond donors (Lipinski definition) is 0. The predicted octanol–water partition coefficient (Wildman–Crippen LogP) is -1.07. The van der Waals surface area contributed by atoms with Crippen LogP contribution in [0.3, 0.4) is 0 Å². The number of rotatable bonds is 3. The average Bonchev–Trinajstić information content (AvgIpc) is 1.72. The molecule has 0 fully saturated rings. The van der Waals surface area contributed by atoms with E-state index in [2.05, 4.69) is 0 Å². The molecular weight excluding hydrogens is 110 g/mol. The van der Waals surface area contributed by atoms with Crippen molar-refractivity contribution in [2.24, 2.45) is 0 Å². The highest BCUT2D eigenvalue weighted by molar-refractivity contribution is 6.31. The van der Waals surface area contributed by atoms with Gasteiger partial charge in [-0.05, 0) is 0 Å². The fourth-order valence-corrected chi connectivity index (χ4v) is 0.596. The summed E-state index contributed by atoms with van der Waals surface area (Å²) in [6, 6.07) is 0. The first-order valence-corrected chi connectivity index (χ1v) is 3.57. The Balaban J connectivity index is 2.99. The van der Waals surface area contributed by atoms with Crippen LogP contribution in [0.5, 0.6) is 0 Å². The number of nitrogens with one attached hydrogen (secondary N) is 1. The van der Waals surface area contributed by atoms with Crippen LogP contribution in [0.4, 0.5) is 0 Å². The highest BCUT2D eigenvalue weighted by Gasteiger charge is 1.98. The minimum absolute atomic E-state index is 0.208. The van der Waals surface area contributed by atoms with E-state index in [1.807, 2.05) is 0 Å². The lowest BCUT2D eigenvalue weighted by Crippen LogP contribution is -2.21. The van der Waals surface area contributed by atoms with Crippen molar-refractivity contribution in [3.05, 3.63) is 0 Å². The molecule has 0 saturated carbocycles. The molecule has 0 aliphatic carbocycles. The van der Waals surface area contributed by atoms with Gasteiger partial charge >= 0.3 is 0 Å². The lowest BCUT2D eigenvalue weighted by Gasteiger charge is -2.07. The number of hydrogen-bond acceptors (Lipinski definition) is 2. The van der Waals surface area contributed by atoms with Crippen molar-refractivity contribution in [1.29, 1.82) is 0 Å². The fraction of sp³-hybridized carbons (Fsp3) is 1.00. The van der Waals surface area contributed by atoms with Gasteiger partial charge in [-0.3, -0.25) is 5.40 Å². The van der Waals surface area contributed by atoms with Crippen LogP contribution in [0.15, 0.2) is 0 Å². The third-order valence-corrected chi connectivity index (χ3v) is 1.69. The van der Waals surface area contributed by atoms with Gasteiger partial charge in [0.1, 0.15) is 0 Å². The molecule has 7 heavy (non-hydrogen) atoms. The van der Waals surface area contributed by atoms with Crippen molar-refractivity contribution in [3.63, 3.8) is 0 Å². The maximum Gasteiger partial charge on any atom is 0.174 e. The zero-order valence-electron chi connectivity index (χ0n) is 4.60. The molecule has 0 atom stereocenters. The first-order valence-electron chi connectivity index (χ1n) is 2.05. The average molecular weight is 120 g/mol. The summed E-state index contributed by atoms with van der Waals surface area (Å²) in [5.41, 5.74) is 0. The topological polar surface area (TPSA) is 42.3 Å². The van der Waals surface area contributed by atoms with Crippen molar-refractivity contribution in [1.82, 2.24) is 5.40 Å². The standard InChI is InChI=1S/C3H10NO2Si/c1-5-3(6-2)7-4/h3-4H,7H2,1-2H3. The van der Waals surface area contributed by atoms with Crippen LogP contribution in [0, 0.1) is 0 Å². The van der Waals surface area contributed by atoms with Gasteiger partial charge in [-0.25, -0.2) is 0 Å². The summed E-state index contributed by atoms with van der Waals surface area (Å²) in [5, 5.41) is 6.85. The van der Waals surface area contributed by atoms with E-state index < -0.39 is 9.68 Å². The summed E-state index contributed by atoms with van der Waals surface area (Å²) in [7, 11) is 2.24. The molecule has 0 heterocycles. The van der Waals surface area contributed by atoms with Gasteiger partial charge in [0.05, 0.1) is 0 Å². The number of methoxy groups -OCH3 is 2. The number of ether oxygens (including phenoxy) is 2. The second-order valence-electron chi connectivity index (χ2n) is 1.11. The molecule has 0 saturated heterocycles. The van der Waals surface area contributed by atoms with E-state index in [0.29, 0.717) is 0 Å². The molecule has 0 aromatic carbocycles. The van der Waals surface area contributed by atoms with Crippen LogP contribution in [0.25, 0.3) is 0 Å². The second-order valence-corrected chi connectivity index (χ2v) is 2.18. The highest BCUT2D eigenvalue weighted by Crippen LogP contribution is 1.81. The van der Waals surface area contributed by atoms with Gasteiger partial charge in [-0.2, -0.15) is 0 Å². The van der Waals surface area contributed by atoms with E-state index >= 15 is 0 Å². The minimum atomic E-state index is -0.867. The lowest BCUT2D eigenvalue weighted by molar-refractivity contribution is -0.0442. The van der Waals surface area contributed by atoms with E-state index in [1.165, 1.54) is 0 Å². The van der Waals surface area contributed by atoms with Gasteiger partial charge in [-0.15, -0.1) is 0 Å². The zero-order valence-corrected chi connectivity index (χ0v) is 6.02. The summed E-state index contributed by atoms with van der Waals surface area (Å²) in [5.74, 6) is -0.208. The smallest absolute Gasteiger partial charge is 0.174 e. The molecule has 0 bridgehead atoms. The van der Waals surface area contributed by atoms with Crippen LogP contribution in [0.2, 0.25) is 0 Å². The van der Waals surface area contributed by atoms with Gasteiger partial charge in [0, 0.05) is 14.2 Å². The van der Waals surface area contributed by atoms with E-state index in [9.17, 15) is 0 Å². The predicted molar refractivity (Wildman–Crippen MR) is 29.4 cm³/mol. The van der Waals surface area contributed by atoms with Gasteiger partial charge in [0.2, 0.25) is 0 Å². The second kappa shape index (κ2) is 4.26. The first-order chi connectivity index (χ1) is 3.35. The molecule has 0 amide bonds. The Hall–Kier alpha value is 0.0969. The van der Waals surface area contributed by atoms with Crippen LogP contribution in [-0.2, 0) is 9.47 Å². The van der Waals surface area contributed by atoms with Crippen LogP contribution < -0.4 is 5.40 Å². The Morgan fingerprint density at radius 2 is 1.86 bits per heavy atom. The van der Waals surface area contributed by atoms with Gasteiger partial charge in [0.25, 0.3) is 0 Å². The summed E-state index contributed by atoms with van der Waals surface area (Å²) in [4.78, 5) is 0. The van der Waals surface area contributed by atoms with E-state index in [-0.39, 0.29) is 5.91 Å². The van der Waals surface area contributed by atoms with Crippen molar-refractivity contribution in [2.75, 3.05) is 14.2 Å². The van der Waals surface area contributed by atoms with Crippen LogP contribution in [0.1, 0.15) is 0 Å². The van der Waals surface area contributed by atoms with E-state index in [4.69, 9.17) is 14.9 Å². The molecule has 1 N–H and O–H groups in total. The maximum absolute atomic E-state index is 6.85. The van der Waals surface area contributed by atoms with Crippen LogP contribution >= 0.6 is 0 Å². The Kier molecular flexibility index (Phi) is 4.32. The highest BCUT2D eigenvalue weighted by atomic mass is 28.2. The van der Waals surface area contributed by atoms with Crippen LogP contribution in [-0.4, -0.2) is 29.8 Å². The largest absolute Gasteiger partial charge is 0.359 e. The van der Waals surface area contributed by atoms with Crippen molar-refractivity contribution < 1.29 is 9.47 Å². The van der Waals surface area contributed by atoms with E-state index in [0.717, 1.165) is 0 Å². The quantitative estimate of drug-likeness (QED) is 0.351. The normalized spacial score (nSPS) is 12.0. The molecule has 0 spiro atoms. The monoisotopic (exact) mass is 120 g/mol. The minimum Gasteiger partial charge on any atom is -0.359 e. The van der Waals surface area contributed by atoms with Crippen molar-refractivity contribution in [2.45, 2.75) is 5.91 Å².